The highest BCUT2D eigenvalue weighted by atomic mass is 16.6. The second-order valence-corrected chi connectivity index (χ2v) is 5.60. The number of amides is 1. The Bertz CT molecular complexity index is 458. The quantitative estimate of drug-likeness (QED) is 0.617. The van der Waals surface area contributed by atoms with Crippen LogP contribution in [0.1, 0.15) is 39.0 Å². The Morgan fingerprint density at radius 1 is 1.38 bits per heavy atom. The molecule has 0 saturated carbocycles. The van der Waals surface area contributed by atoms with Gasteiger partial charge in [-0.05, 0) is 27.2 Å². The van der Waals surface area contributed by atoms with Gasteiger partial charge < -0.3 is 26.0 Å². The Balaban J connectivity index is 2.38. The molecule has 0 aliphatic rings. The number of carbonyl (C=O) groups excluding carboxylic acids is 1. The first-order chi connectivity index (χ1) is 9.69. The van der Waals surface area contributed by atoms with Crippen molar-refractivity contribution >= 4 is 11.9 Å². The molecule has 1 aromatic rings. The molecule has 1 amide bonds. The average Bonchev–Trinajstić information content (AvgIpc) is 2.36. The van der Waals surface area contributed by atoms with Crippen molar-refractivity contribution in [3.8, 4) is 0 Å². The average molecular weight is 298 g/mol. The zero-order valence-corrected chi connectivity index (χ0v) is 12.4. The summed E-state index contributed by atoms with van der Waals surface area (Å²) in [6.45, 7) is 5.43. The van der Waals surface area contributed by atoms with Gasteiger partial charge in [-0.15, -0.1) is 0 Å². The number of anilines is 1. The lowest BCUT2D eigenvalue weighted by Gasteiger charge is -2.21. The standard InChI is InChI=1S/C13H22N4O4/c1-13(2,3)21-12(20)15-5-4-9(18)11(19)8-6-17-10(14)7-16-8/h6-7,9,11,18-19H,4-5H2,1-3H3,(H2,14,17)(H,15,20). The van der Waals surface area contributed by atoms with Gasteiger partial charge in [-0.1, -0.05) is 0 Å². The maximum Gasteiger partial charge on any atom is 0.407 e. The van der Waals surface area contributed by atoms with Crippen molar-refractivity contribution in [3.05, 3.63) is 18.1 Å². The second kappa shape index (κ2) is 7.19. The lowest BCUT2D eigenvalue weighted by molar-refractivity contribution is 0.00974. The predicted octanol–water partition coefficient (Wildman–Crippen LogP) is 0.368. The van der Waals surface area contributed by atoms with E-state index < -0.39 is 23.9 Å². The lowest BCUT2D eigenvalue weighted by Crippen LogP contribution is -2.34. The zero-order valence-electron chi connectivity index (χ0n) is 12.4. The largest absolute Gasteiger partial charge is 0.444 e. The minimum Gasteiger partial charge on any atom is -0.444 e. The molecule has 0 spiro atoms. The third-order valence-electron chi connectivity index (χ3n) is 2.47. The van der Waals surface area contributed by atoms with Crippen LogP contribution in [-0.4, -0.2) is 44.5 Å². The third-order valence-corrected chi connectivity index (χ3v) is 2.47. The molecule has 21 heavy (non-hydrogen) atoms. The number of carbonyl (C=O) groups is 1. The van der Waals surface area contributed by atoms with Crippen LogP contribution < -0.4 is 11.1 Å². The number of rotatable bonds is 5. The van der Waals surface area contributed by atoms with Gasteiger partial charge in [0.2, 0.25) is 0 Å². The molecule has 5 N–H and O–H groups in total. The van der Waals surface area contributed by atoms with E-state index in [-0.39, 0.29) is 24.5 Å². The second-order valence-electron chi connectivity index (χ2n) is 5.60. The summed E-state index contributed by atoms with van der Waals surface area (Å²) in [6, 6.07) is 0. The molecule has 2 unspecified atom stereocenters. The van der Waals surface area contributed by atoms with E-state index in [4.69, 9.17) is 10.5 Å². The summed E-state index contributed by atoms with van der Waals surface area (Å²) < 4.78 is 5.05. The SMILES string of the molecule is CC(C)(C)OC(=O)NCCC(O)C(O)c1cnc(N)cn1. The molecular formula is C13H22N4O4. The van der Waals surface area contributed by atoms with Crippen LogP contribution in [-0.2, 0) is 4.74 Å². The molecule has 0 radical (unpaired) electrons. The molecule has 8 nitrogen and oxygen atoms in total. The van der Waals surface area contributed by atoms with Crippen LogP contribution in [0.5, 0.6) is 0 Å². The minimum atomic E-state index is -1.20. The van der Waals surface area contributed by atoms with Crippen molar-refractivity contribution in [3.63, 3.8) is 0 Å². The van der Waals surface area contributed by atoms with E-state index in [9.17, 15) is 15.0 Å². The summed E-state index contributed by atoms with van der Waals surface area (Å²) in [7, 11) is 0. The molecule has 8 heteroatoms. The smallest absolute Gasteiger partial charge is 0.407 e. The highest BCUT2D eigenvalue weighted by Crippen LogP contribution is 2.16. The Morgan fingerprint density at radius 2 is 2.05 bits per heavy atom. The molecule has 0 bridgehead atoms. The molecule has 0 saturated heterocycles. The Hall–Kier alpha value is -1.93. The molecule has 1 rings (SSSR count). The van der Waals surface area contributed by atoms with Crippen LogP contribution in [0.4, 0.5) is 10.6 Å². The first-order valence-corrected chi connectivity index (χ1v) is 6.59. The van der Waals surface area contributed by atoms with E-state index in [1.807, 2.05) is 0 Å². The number of ether oxygens (including phenoxy) is 1. The van der Waals surface area contributed by atoms with Gasteiger partial charge in [0, 0.05) is 6.54 Å². The van der Waals surface area contributed by atoms with E-state index in [0.717, 1.165) is 0 Å². The van der Waals surface area contributed by atoms with Gasteiger partial charge >= 0.3 is 6.09 Å². The fourth-order valence-corrected chi connectivity index (χ4v) is 1.49. The van der Waals surface area contributed by atoms with Crippen LogP contribution in [0.25, 0.3) is 0 Å². The minimum absolute atomic E-state index is 0.145. The highest BCUT2D eigenvalue weighted by Gasteiger charge is 2.21. The molecule has 0 fully saturated rings. The zero-order chi connectivity index (χ0) is 16.0. The number of hydrogen-bond donors (Lipinski definition) is 4. The summed E-state index contributed by atoms with van der Waals surface area (Å²) >= 11 is 0. The van der Waals surface area contributed by atoms with Gasteiger partial charge in [0.15, 0.2) is 0 Å². The van der Waals surface area contributed by atoms with Gasteiger partial charge in [-0.25, -0.2) is 9.78 Å². The van der Waals surface area contributed by atoms with Gasteiger partial charge in [-0.3, -0.25) is 4.98 Å². The molecule has 118 valence electrons. The molecule has 1 heterocycles. The first-order valence-electron chi connectivity index (χ1n) is 6.59. The maximum absolute atomic E-state index is 11.4. The molecular weight excluding hydrogens is 276 g/mol. The normalized spacial score (nSPS) is 14.3. The molecule has 0 aliphatic heterocycles. The lowest BCUT2D eigenvalue weighted by atomic mass is 10.1. The number of aliphatic hydroxyl groups is 2. The Morgan fingerprint density at radius 3 is 2.57 bits per heavy atom. The van der Waals surface area contributed by atoms with E-state index in [0.29, 0.717) is 0 Å². The van der Waals surface area contributed by atoms with Crippen molar-refractivity contribution in [2.24, 2.45) is 0 Å². The van der Waals surface area contributed by atoms with Crippen molar-refractivity contribution in [1.82, 2.24) is 15.3 Å². The number of nitrogens with one attached hydrogen (secondary N) is 1. The fourth-order valence-electron chi connectivity index (χ4n) is 1.49. The van der Waals surface area contributed by atoms with Gasteiger partial charge in [0.05, 0.1) is 24.2 Å². The highest BCUT2D eigenvalue weighted by molar-refractivity contribution is 5.67. The van der Waals surface area contributed by atoms with Gasteiger partial charge in [0.1, 0.15) is 17.5 Å². The van der Waals surface area contributed by atoms with Crippen molar-refractivity contribution in [2.75, 3.05) is 12.3 Å². The van der Waals surface area contributed by atoms with Crippen molar-refractivity contribution in [2.45, 2.75) is 45.0 Å². The van der Waals surface area contributed by atoms with E-state index in [1.54, 1.807) is 20.8 Å². The van der Waals surface area contributed by atoms with Crippen LogP contribution in [0.3, 0.4) is 0 Å². The number of alkyl carbamates (subject to hydrolysis) is 1. The maximum atomic E-state index is 11.4. The van der Waals surface area contributed by atoms with Crippen LogP contribution >= 0.6 is 0 Å². The number of nitrogen functional groups attached to an aromatic ring is 1. The summed E-state index contributed by atoms with van der Waals surface area (Å²) in [4.78, 5) is 19.1. The van der Waals surface area contributed by atoms with Gasteiger partial charge in [0.25, 0.3) is 0 Å². The summed E-state index contributed by atoms with van der Waals surface area (Å²) in [5.41, 5.74) is 5.02. The molecule has 0 aliphatic carbocycles. The van der Waals surface area contributed by atoms with Crippen molar-refractivity contribution < 1.29 is 19.7 Å². The predicted molar refractivity (Wildman–Crippen MR) is 76.3 cm³/mol. The number of aromatic nitrogens is 2. The monoisotopic (exact) mass is 298 g/mol. The third kappa shape index (κ3) is 6.37. The molecule has 1 aromatic heterocycles. The van der Waals surface area contributed by atoms with Crippen LogP contribution in [0, 0.1) is 0 Å². The number of aliphatic hydroxyl groups excluding tert-OH is 2. The molecule has 0 aromatic carbocycles. The van der Waals surface area contributed by atoms with Gasteiger partial charge in [-0.2, -0.15) is 0 Å². The summed E-state index contributed by atoms with van der Waals surface area (Å²) in [6.07, 6.45) is -0.117. The Kier molecular flexibility index (Phi) is 5.86. The van der Waals surface area contributed by atoms with Crippen molar-refractivity contribution in [1.29, 1.82) is 0 Å². The topological polar surface area (TPSA) is 131 Å². The fraction of sp³-hybridized carbons (Fsp3) is 0.615. The summed E-state index contributed by atoms with van der Waals surface area (Å²) in [5.74, 6) is 0.229. The van der Waals surface area contributed by atoms with E-state index in [1.165, 1.54) is 12.4 Å². The van der Waals surface area contributed by atoms with E-state index in [2.05, 4.69) is 15.3 Å². The summed E-state index contributed by atoms with van der Waals surface area (Å²) in [5, 5.41) is 22.2. The molecule has 2 atom stereocenters. The van der Waals surface area contributed by atoms with Crippen LogP contribution in [0.2, 0.25) is 0 Å². The Labute approximate surface area is 123 Å². The number of hydrogen-bond acceptors (Lipinski definition) is 7. The number of nitrogens with two attached hydrogens (primary N) is 1. The van der Waals surface area contributed by atoms with E-state index >= 15 is 0 Å². The first kappa shape index (κ1) is 17.1. The number of nitrogens with zero attached hydrogens (tertiary/aromatic N) is 2. The van der Waals surface area contributed by atoms with Crippen LogP contribution in [0.15, 0.2) is 12.4 Å².